The number of anilines is 2. The molecule has 0 bridgehead atoms. The van der Waals surface area contributed by atoms with E-state index in [1.54, 1.807) is 19.3 Å². The summed E-state index contributed by atoms with van der Waals surface area (Å²) in [6, 6.07) is 10.4. The third kappa shape index (κ3) is 3.86. The summed E-state index contributed by atoms with van der Waals surface area (Å²) in [5.74, 6) is 0.0598. The number of benzene rings is 1. The summed E-state index contributed by atoms with van der Waals surface area (Å²) in [5.41, 5.74) is 10.8. The van der Waals surface area contributed by atoms with Crippen LogP contribution in [0.4, 0.5) is 11.4 Å². The highest BCUT2D eigenvalue weighted by Crippen LogP contribution is 2.41. The van der Waals surface area contributed by atoms with Crippen molar-refractivity contribution in [3.8, 4) is 11.1 Å². The van der Waals surface area contributed by atoms with Gasteiger partial charge in [0.2, 0.25) is 5.91 Å². The maximum Gasteiger partial charge on any atom is 0.224 e. The summed E-state index contributed by atoms with van der Waals surface area (Å²) in [4.78, 5) is 18.3. The molecule has 1 aliphatic rings. The first-order valence-electron chi connectivity index (χ1n) is 9.90. The Bertz CT molecular complexity index is 1000. The largest absolute Gasteiger partial charge is 0.378 e. The fourth-order valence-corrected chi connectivity index (χ4v) is 4.08. The van der Waals surface area contributed by atoms with E-state index in [9.17, 15) is 4.79 Å². The Hall–Kier alpha value is -3.19. The number of amides is 1. The van der Waals surface area contributed by atoms with Gasteiger partial charge in [-0.1, -0.05) is 6.07 Å². The normalized spacial score (nSPS) is 18.4. The molecule has 7 nitrogen and oxygen atoms in total. The molecule has 0 fully saturated rings. The van der Waals surface area contributed by atoms with Crippen molar-refractivity contribution in [3.05, 3.63) is 60.7 Å². The summed E-state index contributed by atoms with van der Waals surface area (Å²) in [5, 5.41) is 8.00. The summed E-state index contributed by atoms with van der Waals surface area (Å²) in [7, 11) is 0. The van der Waals surface area contributed by atoms with Crippen molar-refractivity contribution in [2.45, 2.75) is 38.9 Å². The molecule has 29 heavy (non-hydrogen) atoms. The van der Waals surface area contributed by atoms with Crippen molar-refractivity contribution >= 4 is 17.3 Å². The molecule has 0 aliphatic carbocycles. The highest BCUT2D eigenvalue weighted by Gasteiger charge is 2.32. The maximum absolute atomic E-state index is 12.3. The van der Waals surface area contributed by atoms with Gasteiger partial charge in [-0.2, -0.15) is 5.10 Å². The number of hydrogen-bond acceptors (Lipinski definition) is 5. The lowest BCUT2D eigenvalue weighted by atomic mass is 9.89. The second-order valence-corrected chi connectivity index (χ2v) is 7.46. The standard InChI is InChI=1S/C22H26N6O/c1-15-11-21(26-19-5-8-24-9-6-19)20-12-17(3-4-22(20)28(15)16(2)29)18-13-25-27(14-18)10-7-23/h3-6,8-9,12-15,21H,7,10-11,23H2,1-2H3,(H,24,26)/t15-,21?/m0/s1. The Morgan fingerprint density at radius 2 is 2.03 bits per heavy atom. The van der Waals surface area contributed by atoms with E-state index in [1.807, 2.05) is 40.2 Å². The summed E-state index contributed by atoms with van der Waals surface area (Å²) in [6.45, 7) is 4.96. The lowest BCUT2D eigenvalue weighted by Gasteiger charge is -2.39. The van der Waals surface area contributed by atoms with E-state index in [1.165, 1.54) is 0 Å². The van der Waals surface area contributed by atoms with Crippen LogP contribution in [0.15, 0.2) is 55.1 Å². The average Bonchev–Trinajstić information content (AvgIpc) is 3.17. The summed E-state index contributed by atoms with van der Waals surface area (Å²) in [6.07, 6.45) is 8.25. The SMILES string of the molecule is CC(=O)N1c2ccc(-c3cnn(CCN)c3)cc2C(Nc2ccncc2)C[C@@H]1C. The summed E-state index contributed by atoms with van der Waals surface area (Å²) < 4.78 is 1.85. The van der Waals surface area contributed by atoms with Crippen molar-refractivity contribution in [2.24, 2.45) is 5.73 Å². The van der Waals surface area contributed by atoms with E-state index in [4.69, 9.17) is 5.73 Å². The molecular formula is C22H26N6O. The van der Waals surface area contributed by atoms with Crippen LogP contribution >= 0.6 is 0 Å². The summed E-state index contributed by atoms with van der Waals surface area (Å²) >= 11 is 0. The van der Waals surface area contributed by atoms with Gasteiger partial charge in [-0.25, -0.2) is 0 Å². The molecule has 3 heterocycles. The molecule has 1 aliphatic heterocycles. The van der Waals surface area contributed by atoms with E-state index in [-0.39, 0.29) is 18.0 Å². The highest BCUT2D eigenvalue weighted by atomic mass is 16.2. The quantitative estimate of drug-likeness (QED) is 0.698. The minimum absolute atomic E-state index is 0.0598. The Kier molecular flexibility index (Phi) is 5.31. The Labute approximate surface area is 170 Å². The lowest BCUT2D eigenvalue weighted by Crippen LogP contribution is -2.43. The van der Waals surface area contributed by atoms with Crippen LogP contribution in [0, 0.1) is 0 Å². The topological polar surface area (TPSA) is 89.1 Å². The van der Waals surface area contributed by atoms with Crippen molar-refractivity contribution in [2.75, 3.05) is 16.8 Å². The van der Waals surface area contributed by atoms with E-state index < -0.39 is 0 Å². The van der Waals surface area contributed by atoms with E-state index >= 15 is 0 Å². The van der Waals surface area contributed by atoms with Gasteiger partial charge in [0.25, 0.3) is 0 Å². The first-order chi connectivity index (χ1) is 14.1. The number of aromatic nitrogens is 3. The molecule has 1 aromatic carbocycles. The van der Waals surface area contributed by atoms with Gasteiger partial charge >= 0.3 is 0 Å². The van der Waals surface area contributed by atoms with Crippen molar-refractivity contribution in [1.82, 2.24) is 14.8 Å². The van der Waals surface area contributed by atoms with Gasteiger partial charge in [-0.3, -0.25) is 14.5 Å². The zero-order chi connectivity index (χ0) is 20.4. The number of nitrogens with zero attached hydrogens (tertiary/aromatic N) is 4. The van der Waals surface area contributed by atoms with Gasteiger partial charge < -0.3 is 16.0 Å². The molecule has 1 amide bonds. The average molecular weight is 390 g/mol. The number of nitrogens with one attached hydrogen (secondary N) is 1. The fraction of sp³-hybridized carbons (Fsp3) is 0.318. The molecule has 0 spiro atoms. The second-order valence-electron chi connectivity index (χ2n) is 7.46. The van der Waals surface area contributed by atoms with E-state index in [0.29, 0.717) is 13.1 Å². The molecule has 0 saturated carbocycles. The predicted octanol–water partition coefficient (Wildman–Crippen LogP) is 3.20. The van der Waals surface area contributed by atoms with Crippen LogP contribution in [-0.2, 0) is 11.3 Å². The highest BCUT2D eigenvalue weighted by molar-refractivity contribution is 5.94. The van der Waals surface area contributed by atoms with Crippen LogP contribution < -0.4 is 16.0 Å². The first-order valence-corrected chi connectivity index (χ1v) is 9.90. The van der Waals surface area contributed by atoms with Gasteiger partial charge in [0.05, 0.1) is 18.8 Å². The number of hydrogen-bond donors (Lipinski definition) is 2. The third-order valence-electron chi connectivity index (χ3n) is 5.37. The fourth-order valence-electron chi connectivity index (χ4n) is 4.08. The minimum Gasteiger partial charge on any atom is -0.378 e. The van der Waals surface area contributed by atoms with E-state index in [0.717, 1.165) is 34.5 Å². The van der Waals surface area contributed by atoms with Gasteiger partial charge in [-0.15, -0.1) is 0 Å². The molecule has 150 valence electrons. The number of nitrogens with two attached hydrogens (primary N) is 1. The number of rotatable bonds is 5. The minimum atomic E-state index is 0.0598. The molecule has 2 atom stereocenters. The van der Waals surface area contributed by atoms with Crippen LogP contribution in [-0.4, -0.2) is 33.3 Å². The molecule has 7 heteroatoms. The van der Waals surface area contributed by atoms with Crippen LogP contribution in [0.3, 0.4) is 0 Å². The van der Waals surface area contributed by atoms with Gasteiger partial charge in [0.1, 0.15) is 0 Å². The Morgan fingerprint density at radius 3 is 2.76 bits per heavy atom. The monoisotopic (exact) mass is 390 g/mol. The lowest BCUT2D eigenvalue weighted by molar-refractivity contribution is -0.117. The molecule has 2 aromatic heterocycles. The molecule has 4 rings (SSSR count). The van der Waals surface area contributed by atoms with Gasteiger partial charge in [0.15, 0.2) is 0 Å². The van der Waals surface area contributed by atoms with Gasteiger partial charge in [-0.05, 0) is 48.7 Å². The molecule has 0 saturated heterocycles. The van der Waals surface area contributed by atoms with Crippen LogP contribution in [0.5, 0.6) is 0 Å². The van der Waals surface area contributed by atoms with Crippen molar-refractivity contribution in [1.29, 1.82) is 0 Å². The molecular weight excluding hydrogens is 364 g/mol. The first kappa shape index (κ1) is 19.1. The number of carbonyl (C=O) groups is 1. The zero-order valence-electron chi connectivity index (χ0n) is 16.7. The maximum atomic E-state index is 12.3. The number of fused-ring (bicyclic) bond motifs is 1. The zero-order valence-corrected chi connectivity index (χ0v) is 16.7. The van der Waals surface area contributed by atoms with Crippen LogP contribution in [0.25, 0.3) is 11.1 Å². The second kappa shape index (κ2) is 8.05. The Morgan fingerprint density at radius 1 is 1.24 bits per heavy atom. The predicted molar refractivity (Wildman–Crippen MR) is 115 cm³/mol. The molecule has 3 aromatic rings. The smallest absolute Gasteiger partial charge is 0.224 e. The van der Waals surface area contributed by atoms with Crippen molar-refractivity contribution in [3.63, 3.8) is 0 Å². The van der Waals surface area contributed by atoms with E-state index in [2.05, 4.69) is 34.5 Å². The number of carbonyl (C=O) groups excluding carboxylic acids is 1. The third-order valence-corrected chi connectivity index (χ3v) is 5.37. The molecule has 1 unspecified atom stereocenters. The van der Waals surface area contributed by atoms with Gasteiger partial charge in [0, 0.05) is 55.0 Å². The van der Waals surface area contributed by atoms with Crippen LogP contribution in [0.2, 0.25) is 0 Å². The Balaban J connectivity index is 1.74. The molecule has 0 radical (unpaired) electrons. The van der Waals surface area contributed by atoms with Crippen molar-refractivity contribution < 1.29 is 4.79 Å². The number of pyridine rings is 1. The van der Waals surface area contributed by atoms with Crippen LogP contribution in [0.1, 0.15) is 31.9 Å². The molecule has 3 N–H and O–H groups in total.